The summed E-state index contributed by atoms with van der Waals surface area (Å²) >= 11 is 0. The van der Waals surface area contributed by atoms with Gasteiger partial charge in [-0.25, -0.2) is 0 Å². The highest BCUT2D eigenvalue weighted by atomic mass is 17.1. The van der Waals surface area contributed by atoms with E-state index in [9.17, 15) is 76.3 Å². The van der Waals surface area contributed by atoms with E-state index in [0.717, 1.165) is 6.92 Å². The molecule has 0 aromatic heterocycles. The van der Waals surface area contributed by atoms with Crippen LogP contribution in [0.25, 0.3) is 0 Å². The summed E-state index contributed by atoms with van der Waals surface area (Å²) in [5.41, 5.74) is -5.55. The second kappa shape index (κ2) is 13.0. The number of nitrogens with zero attached hydrogens (tertiary/aromatic N) is 3. The van der Waals surface area contributed by atoms with Gasteiger partial charge in [-0.05, 0) is 6.42 Å². The van der Waals surface area contributed by atoms with Crippen molar-refractivity contribution in [3.05, 3.63) is 15.6 Å². The molecule has 0 aromatic rings. The molecule has 0 rings (SSSR count). The Balaban J connectivity index is 6.61. The second-order valence-corrected chi connectivity index (χ2v) is 9.10. The van der Waals surface area contributed by atoms with E-state index >= 15 is 0 Å². The van der Waals surface area contributed by atoms with E-state index in [1.165, 1.54) is 0 Å². The Morgan fingerprint density at radius 2 is 1.11 bits per heavy atom. The second-order valence-electron chi connectivity index (χ2n) is 9.10. The lowest BCUT2D eigenvalue weighted by atomic mass is 9.76. The number of hydroxylamine groups is 9. The monoisotopic (exact) mass is 563 g/mol. The maximum absolute atomic E-state index is 12.4. The van der Waals surface area contributed by atoms with Crippen LogP contribution in [0.15, 0.2) is 0 Å². The molecule has 4 unspecified atom stereocenters. The standard InChI is InChI=1S/C18H33N3O17/c1-2-17(9-14(24)25,20(33,34)35)7-8-18(10-15(26)27,21(36,37)38)6-5-12(19(30,31)32)11(16(28)29)3-4-13(22)23/h11-12,30-31,33-34,36-37H,2-10H2,1H3,(H,22,23)(H,24,25)(H,26,27)(H,28,29). The molecule has 0 aliphatic rings. The third-order valence-electron chi connectivity index (χ3n) is 6.70. The van der Waals surface area contributed by atoms with E-state index < -0.39 is 120 Å². The summed E-state index contributed by atoms with van der Waals surface area (Å²) in [4.78, 5) is 35.2. The Bertz CT molecular complexity index is 849. The zero-order chi connectivity index (χ0) is 30.3. The van der Waals surface area contributed by atoms with Gasteiger partial charge in [0.25, 0.3) is 0 Å². The maximum Gasteiger partial charge on any atom is 0.312 e. The van der Waals surface area contributed by atoms with E-state index in [0.29, 0.717) is 0 Å². The molecule has 0 aliphatic carbocycles. The van der Waals surface area contributed by atoms with E-state index in [-0.39, 0.29) is 0 Å². The molecule has 0 saturated carbocycles. The lowest BCUT2D eigenvalue weighted by molar-refractivity contribution is -1.25. The van der Waals surface area contributed by atoms with Gasteiger partial charge in [0.2, 0.25) is 0 Å². The quantitative estimate of drug-likeness (QED) is 0.0758. The minimum atomic E-state index is -3.48. The van der Waals surface area contributed by atoms with Crippen LogP contribution < -0.4 is 0 Å². The molecule has 0 spiro atoms. The van der Waals surface area contributed by atoms with Crippen LogP contribution in [-0.4, -0.2) is 108 Å². The highest BCUT2D eigenvalue weighted by Crippen LogP contribution is 2.42. The number of carbonyl (C=O) groups is 4. The van der Waals surface area contributed by atoms with Gasteiger partial charge in [-0.2, -0.15) is 31.2 Å². The van der Waals surface area contributed by atoms with Gasteiger partial charge in [0, 0.05) is 38.5 Å². The van der Waals surface area contributed by atoms with Crippen LogP contribution in [0.3, 0.4) is 0 Å². The Morgan fingerprint density at radius 3 is 1.42 bits per heavy atom. The van der Waals surface area contributed by atoms with Crippen molar-refractivity contribution in [2.45, 2.75) is 81.8 Å². The molecular formula is C18H33N3O17. The highest BCUT2D eigenvalue weighted by Gasteiger charge is 2.55. The van der Waals surface area contributed by atoms with E-state index in [1.54, 1.807) is 0 Å². The summed E-state index contributed by atoms with van der Waals surface area (Å²) in [5, 5.41) is 131. The van der Waals surface area contributed by atoms with Gasteiger partial charge in [-0.1, -0.05) is 21.8 Å². The zero-order valence-electron chi connectivity index (χ0n) is 20.2. The van der Waals surface area contributed by atoms with Crippen molar-refractivity contribution in [1.82, 2.24) is 0 Å². The van der Waals surface area contributed by atoms with Crippen LogP contribution in [0.2, 0.25) is 0 Å². The molecule has 0 saturated heterocycles. The molecule has 38 heavy (non-hydrogen) atoms. The first-order valence-electron chi connectivity index (χ1n) is 11.0. The fourth-order valence-corrected chi connectivity index (χ4v) is 4.35. The number of hydrogen-bond acceptors (Lipinski definition) is 13. The number of hydrogen-bond donors (Lipinski definition) is 10. The predicted molar refractivity (Wildman–Crippen MR) is 112 cm³/mol. The smallest absolute Gasteiger partial charge is 0.312 e. The normalized spacial score (nSPS) is 17.6. The van der Waals surface area contributed by atoms with Gasteiger partial charge in [-0.3, -0.25) is 19.2 Å². The van der Waals surface area contributed by atoms with Crippen molar-refractivity contribution < 1.29 is 85.8 Å². The lowest BCUT2D eigenvalue weighted by Crippen LogP contribution is -2.62. The summed E-state index contributed by atoms with van der Waals surface area (Å²) in [6, 6.07) is -2.41. The van der Waals surface area contributed by atoms with Crippen LogP contribution in [0.4, 0.5) is 0 Å². The van der Waals surface area contributed by atoms with Crippen molar-refractivity contribution in [3.63, 3.8) is 0 Å². The van der Waals surface area contributed by atoms with Crippen molar-refractivity contribution >= 4 is 23.9 Å². The van der Waals surface area contributed by atoms with Crippen LogP contribution in [0.5, 0.6) is 0 Å². The van der Waals surface area contributed by atoms with Gasteiger partial charge in [-0.15, -0.1) is 0 Å². The van der Waals surface area contributed by atoms with Crippen LogP contribution in [0, 0.1) is 21.5 Å². The molecule has 0 aromatic carbocycles. The third-order valence-corrected chi connectivity index (χ3v) is 6.70. The van der Waals surface area contributed by atoms with E-state index in [1.807, 2.05) is 0 Å². The number of carboxylic acids is 4. The fourth-order valence-electron chi connectivity index (χ4n) is 4.35. The molecule has 0 aliphatic heterocycles. The Kier molecular flexibility index (Phi) is 12.1. The summed E-state index contributed by atoms with van der Waals surface area (Å²) in [6.45, 7) is 1.13. The van der Waals surface area contributed by atoms with Crippen molar-refractivity contribution in [2.75, 3.05) is 0 Å². The first-order valence-corrected chi connectivity index (χ1v) is 11.0. The molecule has 20 heteroatoms. The number of aliphatic carboxylic acids is 4. The maximum atomic E-state index is 12.4. The van der Waals surface area contributed by atoms with Gasteiger partial charge >= 0.3 is 23.9 Å². The minimum absolute atomic E-state index is 0.610. The largest absolute Gasteiger partial charge is 0.564 e. The third kappa shape index (κ3) is 9.61. The fraction of sp³-hybridized carbons (Fsp3) is 0.778. The summed E-state index contributed by atoms with van der Waals surface area (Å²) in [5.74, 6) is -9.16. The van der Waals surface area contributed by atoms with Crippen LogP contribution in [-0.2, 0) is 19.2 Å². The Labute approximate surface area is 213 Å². The average molecular weight is 563 g/mol. The summed E-state index contributed by atoms with van der Waals surface area (Å²) in [7, 11) is 0. The van der Waals surface area contributed by atoms with Gasteiger partial charge in [0.15, 0.2) is 17.1 Å². The topological polar surface area (TPSA) is 340 Å². The molecule has 0 radical (unpaired) electrons. The van der Waals surface area contributed by atoms with E-state index in [4.69, 9.17) is 10.2 Å². The predicted octanol–water partition coefficient (Wildman–Crippen LogP) is 0.597. The molecule has 0 fully saturated rings. The highest BCUT2D eigenvalue weighted by molar-refractivity contribution is 5.73. The van der Waals surface area contributed by atoms with Gasteiger partial charge in [0.1, 0.15) is 18.8 Å². The van der Waals surface area contributed by atoms with Crippen LogP contribution >= 0.6 is 0 Å². The summed E-state index contributed by atoms with van der Waals surface area (Å²) in [6.07, 6.45) is -9.65. The van der Waals surface area contributed by atoms with E-state index in [2.05, 4.69) is 0 Å². The summed E-state index contributed by atoms with van der Waals surface area (Å²) < 4.78 is 0. The minimum Gasteiger partial charge on any atom is -0.564 e. The van der Waals surface area contributed by atoms with Crippen molar-refractivity contribution in [3.8, 4) is 0 Å². The first-order chi connectivity index (χ1) is 16.9. The van der Waals surface area contributed by atoms with Gasteiger partial charge in [0.05, 0.1) is 0 Å². The Morgan fingerprint density at radius 1 is 0.684 bits per heavy atom. The van der Waals surface area contributed by atoms with Crippen molar-refractivity contribution in [1.29, 1.82) is 0 Å². The molecule has 0 heterocycles. The molecule has 0 amide bonds. The Hall–Kier alpha value is -2.60. The number of rotatable bonds is 19. The van der Waals surface area contributed by atoms with Crippen molar-refractivity contribution in [2.24, 2.45) is 5.92 Å². The first kappa shape index (κ1) is 35.4. The number of quaternary nitrogens is 3. The molecule has 10 N–H and O–H groups in total. The van der Waals surface area contributed by atoms with Gasteiger partial charge < -0.3 is 36.0 Å². The lowest BCUT2D eigenvalue weighted by Gasteiger charge is -2.48. The number of carboxylic acid groups (broad SMARTS) is 4. The molecule has 20 nitrogen and oxygen atoms in total. The average Bonchev–Trinajstić information content (AvgIpc) is 2.69. The zero-order valence-corrected chi connectivity index (χ0v) is 20.2. The molecule has 4 atom stereocenters. The van der Waals surface area contributed by atoms with Crippen LogP contribution in [0.1, 0.15) is 64.7 Å². The molecule has 222 valence electrons. The SMILES string of the molecule is CCC(CCC(CCC(C(CCC(=O)O)C(=O)O)[N+]([O-])(O)O)(CC(=O)O)[N+]([O-])(O)O)(CC(=O)O)[N+]([O-])(O)O. The molecular weight excluding hydrogens is 530 g/mol. The molecule has 0 bridgehead atoms.